The first kappa shape index (κ1) is 19.1. The number of rotatable bonds is 5. The number of methoxy groups -OCH3 is 1. The summed E-state index contributed by atoms with van der Waals surface area (Å²) in [6, 6.07) is 9.04. The van der Waals surface area contributed by atoms with Gasteiger partial charge < -0.3 is 14.5 Å². The Morgan fingerprint density at radius 2 is 2.03 bits per heavy atom. The molecule has 0 bridgehead atoms. The van der Waals surface area contributed by atoms with Gasteiger partial charge in [0.15, 0.2) is 11.3 Å². The summed E-state index contributed by atoms with van der Waals surface area (Å²) >= 11 is 6.44. The summed E-state index contributed by atoms with van der Waals surface area (Å²) < 4.78 is 50.0. The number of furan rings is 1. The fraction of sp³-hybridized carbons (Fsp3) is 0.167. The van der Waals surface area contributed by atoms with E-state index in [1.165, 1.54) is 19.2 Å². The molecule has 7 nitrogen and oxygen atoms in total. The Bertz CT molecular complexity index is 1160. The van der Waals surface area contributed by atoms with Gasteiger partial charge in [-0.2, -0.15) is 18.4 Å². The van der Waals surface area contributed by atoms with E-state index in [9.17, 15) is 13.2 Å². The number of halogens is 4. The molecule has 0 aliphatic carbocycles. The van der Waals surface area contributed by atoms with Crippen molar-refractivity contribution in [3.63, 3.8) is 0 Å². The van der Waals surface area contributed by atoms with Crippen LogP contribution in [0.4, 0.5) is 18.9 Å². The zero-order valence-electron chi connectivity index (χ0n) is 14.8. The Morgan fingerprint density at radius 1 is 1.21 bits per heavy atom. The van der Waals surface area contributed by atoms with Crippen molar-refractivity contribution in [2.75, 3.05) is 12.4 Å². The number of nitrogens with one attached hydrogen (secondary N) is 2. The molecule has 4 aromatic rings. The lowest BCUT2D eigenvalue weighted by atomic mass is 10.1. The Balaban J connectivity index is 1.59. The summed E-state index contributed by atoms with van der Waals surface area (Å²) in [7, 11) is 1.19. The van der Waals surface area contributed by atoms with Crippen LogP contribution in [0.15, 0.2) is 40.8 Å². The van der Waals surface area contributed by atoms with Crippen LogP contribution in [-0.2, 0) is 12.7 Å². The van der Waals surface area contributed by atoms with E-state index in [0.717, 1.165) is 11.5 Å². The van der Waals surface area contributed by atoms with Gasteiger partial charge in [0.25, 0.3) is 0 Å². The number of alkyl halides is 3. The third-order valence-corrected chi connectivity index (χ3v) is 4.67. The number of hydrogen-bond acceptors (Lipinski definition) is 6. The molecule has 2 heterocycles. The highest BCUT2D eigenvalue weighted by Crippen LogP contribution is 2.38. The number of aromatic nitrogens is 4. The molecule has 4 rings (SSSR count). The van der Waals surface area contributed by atoms with E-state index in [2.05, 4.69) is 25.9 Å². The zero-order valence-corrected chi connectivity index (χ0v) is 15.6. The molecule has 0 radical (unpaired) electrons. The van der Waals surface area contributed by atoms with Crippen LogP contribution in [0.5, 0.6) is 5.75 Å². The molecule has 0 saturated carbocycles. The molecule has 2 aromatic heterocycles. The van der Waals surface area contributed by atoms with Gasteiger partial charge in [0.1, 0.15) is 5.75 Å². The number of tetrazole rings is 1. The zero-order chi connectivity index (χ0) is 20.6. The number of H-pyrrole nitrogens is 1. The van der Waals surface area contributed by atoms with Crippen molar-refractivity contribution >= 4 is 28.3 Å². The third-order valence-electron chi connectivity index (χ3n) is 4.26. The second kappa shape index (κ2) is 7.28. The fourth-order valence-corrected chi connectivity index (χ4v) is 3.14. The standard InChI is InChI=1S/C18H13ClF3N5O2/c1-28-13-5-4-11(7-12(13)18(20,21)22)23-8-10-3-2-9-6-14(17-24-26-27-25-17)29-16(9)15(10)19/h2-7,23H,8H2,1H3,(H,24,25,26,27). The summed E-state index contributed by atoms with van der Waals surface area (Å²) in [5.74, 6) is 0.438. The van der Waals surface area contributed by atoms with Gasteiger partial charge in [0.05, 0.1) is 17.7 Å². The molecule has 0 aliphatic rings. The molecule has 11 heteroatoms. The first-order valence-corrected chi connectivity index (χ1v) is 8.68. The van der Waals surface area contributed by atoms with Crippen molar-refractivity contribution in [1.29, 1.82) is 0 Å². The number of ether oxygens (including phenoxy) is 1. The molecular weight excluding hydrogens is 411 g/mol. The molecule has 2 aromatic carbocycles. The third kappa shape index (κ3) is 3.70. The number of hydrogen-bond donors (Lipinski definition) is 2. The van der Waals surface area contributed by atoms with Crippen LogP contribution in [0.2, 0.25) is 5.02 Å². The lowest BCUT2D eigenvalue weighted by molar-refractivity contribution is -0.138. The van der Waals surface area contributed by atoms with Crippen LogP contribution < -0.4 is 10.1 Å². The Hall–Kier alpha value is -3.27. The van der Waals surface area contributed by atoms with Crippen LogP contribution >= 0.6 is 11.6 Å². The van der Waals surface area contributed by atoms with Crippen molar-refractivity contribution in [2.45, 2.75) is 12.7 Å². The lowest BCUT2D eigenvalue weighted by Crippen LogP contribution is -2.09. The van der Waals surface area contributed by atoms with Crippen LogP contribution in [0.25, 0.3) is 22.6 Å². The lowest BCUT2D eigenvalue weighted by Gasteiger charge is -2.15. The number of fused-ring (bicyclic) bond motifs is 1. The van der Waals surface area contributed by atoms with Gasteiger partial charge in [0.2, 0.25) is 5.82 Å². The highest BCUT2D eigenvalue weighted by molar-refractivity contribution is 6.35. The van der Waals surface area contributed by atoms with Gasteiger partial charge in [-0.1, -0.05) is 23.7 Å². The van der Waals surface area contributed by atoms with Crippen molar-refractivity contribution in [3.05, 3.63) is 52.5 Å². The van der Waals surface area contributed by atoms with Gasteiger partial charge >= 0.3 is 6.18 Å². The summed E-state index contributed by atoms with van der Waals surface area (Å²) in [6.45, 7) is 0.191. The second-order valence-electron chi connectivity index (χ2n) is 6.07. The number of aromatic amines is 1. The first-order chi connectivity index (χ1) is 13.9. The minimum atomic E-state index is -4.53. The van der Waals surface area contributed by atoms with Crippen LogP contribution in [0.1, 0.15) is 11.1 Å². The quantitative estimate of drug-likeness (QED) is 0.474. The van der Waals surface area contributed by atoms with E-state index in [1.54, 1.807) is 18.2 Å². The van der Waals surface area contributed by atoms with Crippen molar-refractivity contribution < 1.29 is 22.3 Å². The molecule has 0 amide bonds. The maximum Gasteiger partial charge on any atom is 0.420 e. The smallest absolute Gasteiger partial charge is 0.420 e. The molecule has 29 heavy (non-hydrogen) atoms. The number of nitrogens with zero attached hydrogens (tertiary/aromatic N) is 3. The molecule has 150 valence electrons. The van der Waals surface area contributed by atoms with Crippen LogP contribution in [0, 0.1) is 0 Å². The van der Waals surface area contributed by atoms with E-state index in [0.29, 0.717) is 21.9 Å². The topological polar surface area (TPSA) is 88.9 Å². The summed E-state index contributed by atoms with van der Waals surface area (Å²) in [5, 5.41) is 17.5. The van der Waals surface area contributed by atoms with E-state index < -0.39 is 11.7 Å². The summed E-state index contributed by atoms with van der Waals surface area (Å²) in [4.78, 5) is 0. The average molecular weight is 424 g/mol. The van der Waals surface area contributed by atoms with Crippen molar-refractivity contribution in [1.82, 2.24) is 20.6 Å². The molecule has 0 fully saturated rings. The maximum atomic E-state index is 13.2. The highest BCUT2D eigenvalue weighted by atomic mass is 35.5. The molecule has 2 N–H and O–H groups in total. The SMILES string of the molecule is COc1ccc(NCc2ccc3cc(-c4nn[nH]n4)oc3c2Cl)cc1C(F)(F)F. The summed E-state index contributed by atoms with van der Waals surface area (Å²) in [5.41, 5.74) is 0.498. The molecular formula is C18H13ClF3N5O2. The molecule has 0 saturated heterocycles. The minimum absolute atomic E-state index is 0.191. The largest absolute Gasteiger partial charge is 0.496 e. The highest BCUT2D eigenvalue weighted by Gasteiger charge is 2.34. The van der Waals surface area contributed by atoms with E-state index in [-0.39, 0.29) is 23.8 Å². The van der Waals surface area contributed by atoms with E-state index in [4.69, 9.17) is 20.8 Å². The van der Waals surface area contributed by atoms with Gasteiger partial charge in [-0.3, -0.25) is 0 Å². The monoisotopic (exact) mass is 423 g/mol. The number of anilines is 1. The fourth-order valence-electron chi connectivity index (χ4n) is 2.86. The van der Waals surface area contributed by atoms with Crippen molar-refractivity contribution in [2.24, 2.45) is 0 Å². The molecule has 0 spiro atoms. The molecule has 0 unspecified atom stereocenters. The van der Waals surface area contributed by atoms with Gasteiger partial charge in [-0.25, -0.2) is 0 Å². The first-order valence-electron chi connectivity index (χ1n) is 8.30. The van der Waals surface area contributed by atoms with Crippen LogP contribution in [-0.4, -0.2) is 27.7 Å². The summed E-state index contributed by atoms with van der Waals surface area (Å²) in [6.07, 6.45) is -4.53. The maximum absolute atomic E-state index is 13.2. The molecule has 0 atom stereocenters. The Labute approximate surface area is 166 Å². The van der Waals surface area contributed by atoms with Crippen molar-refractivity contribution in [3.8, 4) is 17.3 Å². The van der Waals surface area contributed by atoms with E-state index >= 15 is 0 Å². The van der Waals surface area contributed by atoms with Crippen LogP contribution in [0.3, 0.4) is 0 Å². The Morgan fingerprint density at radius 3 is 2.72 bits per heavy atom. The average Bonchev–Trinajstić information content (AvgIpc) is 3.36. The second-order valence-corrected chi connectivity index (χ2v) is 6.45. The van der Waals surface area contributed by atoms with Gasteiger partial charge in [-0.15, -0.1) is 10.2 Å². The molecule has 0 aliphatic heterocycles. The Kier molecular flexibility index (Phi) is 4.79. The normalized spacial score (nSPS) is 11.8. The number of benzene rings is 2. The van der Waals surface area contributed by atoms with E-state index in [1.807, 2.05) is 0 Å². The van der Waals surface area contributed by atoms with Gasteiger partial charge in [-0.05, 0) is 35.0 Å². The van der Waals surface area contributed by atoms with Gasteiger partial charge in [0, 0.05) is 17.6 Å². The minimum Gasteiger partial charge on any atom is -0.496 e. The predicted molar refractivity (Wildman–Crippen MR) is 99.7 cm³/mol. The predicted octanol–water partition coefficient (Wildman–Crippen LogP) is 4.91.